The molecule has 0 fully saturated rings. The fraction of sp³-hybridized carbons (Fsp3) is 0.182. The van der Waals surface area contributed by atoms with E-state index in [2.05, 4.69) is 55.5 Å². The van der Waals surface area contributed by atoms with E-state index in [1.165, 1.54) is 27.8 Å². The molecular weight excluding hydrogens is 280 g/mol. The molecule has 0 aliphatic heterocycles. The van der Waals surface area contributed by atoms with Crippen LogP contribution in [0.5, 0.6) is 5.75 Å². The van der Waals surface area contributed by atoms with Crippen LogP contribution in [-0.2, 0) is 12.8 Å². The number of rotatable bonds is 4. The summed E-state index contributed by atoms with van der Waals surface area (Å²) in [6.45, 7) is 4.10. The van der Waals surface area contributed by atoms with Crippen molar-refractivity contribution in [1.82, 2.24) is 0 Å². The molecule has 116 valence electrons. The molecule has 3 rings (SSSR count). The topological polar surface area (TPSA) is 20.2 Å². The lowest BCUT2D eigenvalue weighted by molar-refractivity contribution is 0.469. The van der Waals surface area contributed by atoms with Gasteiger partial charge < -0.3 is 5.11 Å². The Bertz CT molecular complexity index is 789. The zero-order valence-corrected chi connectivity index (χ0v) is 13.7. The first-order valence-corrected chi connectivity index (χ1v) is 8.04. The van der Waals surface area contributed by atoms with Gasteiger partial charge in [0.15, 0.2) is 0 Å². The highest BCUT2D eigenvalue weighted by Gasteiger charge is 2.13. The lowest BCUT2D eigenvalue weighted by atomic mass is 9.89. The fourth-order valence-electron chi connectivity index (χ4n) is 3.04. The number of hydrogen-bond acceptors (Lipinski definition) is 1. The van der Waals surface area contributed by atoms with Gasteiger partial charge in [-0.1, -0.05) is 60.7 Å². The van der Waals surface area contributed by atoms with Gasteiger partial charge in [0.25, 0.3) is 0 Å². The van der Waals surface area contributed by atoms with E-state index in [4.69, 9.17) is 0 Å². The van der Waals surface area contributed by atoms with E-state index in [9.17, 15) is 5.11 Å². The summed E-state index contributed by atoms with van der Waals surface area (Å²) in [6.07, 6.45) is 1.74. The van der Waals surface area contributed by atoms with Crippen molar-refractivity contribution in [3.8, 4) is 5.75 Å². The van der Waals surface area contributed by atoms with Gasteiger partial charge >= 0.3 is 0 Å². The first kappa shape index (κ1) is 15.4. The van der Waals surface area contributed by atoms with Crippen molar-refractivity contribution in [3.05, 3.63) is 100 Å². The number of hydrogen-bond donors (Lipinski definition) is 1. The third-order valence-electron chi connectivity index (χ3n) is 4.56. The maximum Gasteiger partial charge on any atom is 0.119 e. The van der Waals surface area contributed by atoms with Crippen LogP contribution in [0.4, 0.5) is 0 Å². The molecule has 0 saturated carbocycles. The molecule has 0 saturated heterocycles. The Hall–Kier alpha value is -2.54. The van der Waals surface area contributed by atoms with E-state index in [1.807, 2.05) is 25.1 Å². The van der Waals surface area contributed by atoms with E-state index in [1.54, 1.807) is 0 Å². The maximum absolute atomic E-state index is 10.2. The first-order chi connectivity index (χ1) is 11.1. The molecule has 0 aromatic heterocycles. The van der Waals surface area contributed by atoms with Gasteiger partial charge in [-0.25, -0.2) is 0 Å². The van der Waals surface area contributed by atoms with Crippen LogP contribution in [-0.4, -0.2) is 5.11 Å². The van der Waals surface area contributed by atoms with Gasteiger partial charge in [-0.2, -0.15) is 0 Å². The molecule has 0 aliphatic carbocycles. The summed E-state index contributed by atoms with van der Waals surface area (Å²) in [5.74, 6) is 0.394. The Morgan fingerprint density at radius 3 is 1.78 bits per heavy atom. The number of aromatic hydroxyl groups is 1. The predicted octanol–water partition coefficient (Wildman–Crippen LogP) is 5.19. The van der Waals surface area contributed by atoms with Crippen molar-refractivity contribution in [2.24, 2.45) is 0 Å². The van der Waals surface area contributed by atoms with Crippen LogP contribution in [0.2, 0.25) is 0 Å². The Balaban J connectivity index is 2.03. The molecular formula is C22H22O. The number of phenols is 1. The van der Waals surface area contributed by atoms with Crippen molar-refractivity contribution >= 4 is 0 Å². The second kappa shape index (κ2) is 6.70. The largest absolute Gasteiger partial charge is 0.508 e. The molecule has 1 nitrogen and oxygen atoms in total. The van der Waals surface area contributed by atoms with E-state index in [0.717, 1.165) is 18.4 Å². The van der Waals surface area contributed by atoms with Crippen LogP contribution in [0.1, 0.15) is 33.4 Å². The van der Waals surface area contributed by atoms with Crippen LogP contribution >= 0.6 is 0 Å². The summed E-state index contributed by atoms with van der Waals surface area (Å²) in [5.41, 5.74) is 7.28. The first-order valence-electron chi connectivity index (χ1n) is 8.04. The summed E-state index contributed by atoms with van der Waals surface area (Å²) in [7, 11) is 0. The Morgan fingerprint density at radius 1 is 0.696 bits per heavy atom. The van der Waals surface area contributed by atoms with Gasteiger partial charge in [0.05, 0.1) is 0 Å². The third-order valence-corrected chi connectivity index (χ3v) is 4.56. The van der Waals surface area contributed by atoms with E-state index in [-0.39, 0.29) is 0 Å². The molecule has 23 heavy (non-hydrogen) atoms. The number of benzene rings is 3. The second-order valence-corrected chi connectivity index (χ2v) is 6.11. The third kappa shape index (κ3) is 3.45. The van der Waals surface area contributed by atoms with Gasteiger partial charge in [-0.3, -0.25) is 0 Å². The minimum Gasteiger partial charge on any atom is -0.508 e. The summed E-state index contributed by atoms with van der Waals surface area (Å²) in [6, 6.07) is 22.9. The summed E-state index contributed by atoms with van der Waals surface area (Å²) in [4.78, 5) is 0. The average Bonchev–Trinajstić information content (AvgIpc) is 2.58. The quantitative estimate of drug-likeness (QED) is 0.703. The molecule has 0 radical (unpaired) electrons. The Morgan fingerprint density at radius 2 is 1.22 bits per heavy atom. The highest BCUT2D eigenvalue weighted by atomic mass is 16.3. The molecule has 0 heterocycles. The SMILES string of the molecule is Cc1c(O)cc(Cc2ccccc2)c(Cc2ccccc2)c1C. The van der Waals surface area contributed by atoms with Gasteiger partial charge in [0, 0.05) is 0 Å². The zero-order chi connectivity index (χ0) is 16.2. The summed E-state index contributed by atoms with van der Waals surface area (Å²) in [5, 5.41) is 10.2. The number of phenolic OH excluding ortho intramolecular Hbond substituents is 1. The van der Waals surface area contributed by atoms with E-state index >= 15 is 0 Å². The standard InChI is InChI=1S/C22H22O/c1-16-17(2)22(23)15-20(13-18-9-5-3-6-10-18)21(16)14-19-11-7-4-8-12-19/h3-12,15,23H,13-14H2,1-2H3. The van der Waals surface area contributed by atoms with Crippen molar-refractivity contribution < 1.29 is 5.11 Å². The van der Waals surface area contributed by atoms with Crippen molar-refractivity contribution in [2.45, 2.75) is 26.7 Å². The van der Waals surface area contributed by atoms with Crippen LogP contribution in [0.3, 0.4) is 0 Å². The lowest BCUT2D eigenvalue weighted by Crippen LogP contribution is -2.02. The monoisotopic (exact) mass is 302 g/mol. The zero-order valence-electron chi connectivity index (χ0n) is 13.7. The highest BCUT2D eigenvalue weighted by molar-refractivity contribution is 5.50. The summed E-state index contributed by atoms with van der Waals surface area (Å²) < 4.78 is 0. The minimum absolute atomic E-state index is 0.394. The molecule has 0 unspecified atom stereocenters. The molecule has 0 atom stereocenters. The molecule has 0 amide bonds. The Labute approximate surface area is 138 Å². The van der Waals surface area contributed by atoms with Crippen molar-refractivity contribution in [1.29, 1.82) is 0 Å². The highest BCUT2D eigenvalue weighted by Crippen LogP contribution is 2.30. The van der Waals surface area contributed by atoms with Crippen LogP contribution in [0.15, 0.2) is 66.7 Å². The lowest BCUT2D eigenvalue weighted by Gasteiger charge is -2.17. The van der Waals surface area contributed by atoms with Gasteiger partial charge in [-0.05, 0) is 66.1 Å². The summed E-state index contributed by atoms with van der Waals surface area (Å²) >= 11 is 0. The maximum atomic E-state index is 10.2. The predicted molar refractivity (Wildman–Crippen MR) is 96.1 cm³/mol. The normalized spacial score (nSPS) is 10.7. The fourth-order valence-corrected chi connectivity index (χ4v) is 3.04. The van der Waals surface area contributed by atoms with Crippen LogP contribution in [0.25, 0.3) is 0 Å². The molecule has 1 N–H and O–H groups in total. The smallest absolute Gasteiger partial charge is 0.119 e. The minimum atomic E-state index is 0.394. The van der Waals surface area contributed by atoms with Crippen LogP contribution < -0.4 is 0 Å². The second-order valence-electron chi connectivity index (χ2n) is 6.11. The molecule has 0 aliphatic rings. The van der Waals surface area contributed by atoms with Gasteiger partial charge in [0.1, 0.15) is 5.75 Å². The van der Waals surface area contributed by atoms with Crippen LogP contribution in [0, 0.1) is 13.8 Å². The average molecular weight is 302 g/mol. The van der Waals surface area contributed by atoms with Gasteiger partial charge in [-0.15, -0.1) is 0 Å². The molecule has 1 heteroatoms. The van der Waals surface area contributed by atoms with E-state index < -0.39 is 0 Å². The molecule has 3 aromatic carbocycles. The van der Waals surface area contributed by atoms with E-state index in [0.29, 0.717) is 5.75 Å². The molecule has 0 spiro atoms. The Kier molecular flexibility index (Phi) is 4.47. The molecule has 0 bridgehead atoms. The van der Waals surface area contributed by atoms with Gasteiger partial charge in [0.2, 0.25) is 0 Å². The van der Waals surface area contributed by atoms with Crippen molar-refractivity contribution in [2.75, 3.05) is 0 Å². The molecule has 3 aromatic rings. The van der Waals surface area contributed by atoms with Crippen molar-refractivity contribution in [3.63, 3.8) is 0 Å².